The zero-order valence-electron chi connectivity index (χ0n) is 16.1. The van der Waals surface area contributed by atoms with Gasteiger partial charge in [-0.3, -0.25) is 0 Å². The summed E-state index contributed by atoms with van der Waals surface area (Å²) in [5.41, 5.74) is 1.12. The maximum Gasteiger partial charge on any atom is 0.416 e. The Morgan fingerprint density at radius 2 is 1.57 bits per heavy atom. The lowest BCUT2D eigenvalue weighted by atomic mass is 9.96. The van der Waals surface area contributed by atoms with Gasteiger partial charge in [0, 0.05) is 18.9 Å². The highest BCUT2D eigenvalue weighted by Crippen LogP contribution is 2.32. The van der Waals surface area contributed by atoms with E-state index in [0.29, 0.717) is 30.1 Å². The van der Waals surface area contributed by atoms with Crippen LogP contribution in [0.3, 0.4) is 0 Å². The van der Waals surface area contributed by atoms with Gasteiger partial charge < -0.3 is 14.6 Å². The minimum atomic E-state index is -4.42. The average Bonchev–Trinajstić information content (AvgIpc) is 2.72. The Morgan fingerprint density at radius 1 is 1.00 bits per heavy atom. The lowest BCUT2D eigenvalue weighted by molar-refractivity contribution is -0.137. The number of benzene rings is 2. The predicted molar refractivity (Wildman–Crippen MR) is 106 cm³/mol. The topological polar surface area (TPSA) is 55.8 Å². The van der Waals surface area contributed by atoms with Crippen molar-refractivity contribution in [3.63, 3.8) is 0 Å². The van der Waals surface area contributed by atoms with Crippen molar-refractivity contribution in [2.75, 3.05) is 13.2 Å². The average molecular weight is 418 g/mol. The van der Waals surface area contributed by atoms with E-state index in [1.165, 1.54) is 18.2 Å². The van der Waals surface area contributed by atoms with E-state index < -0.39 is 17.7 Å². The Hall–Kier alpha value is -3.06. The summed E-state index contributed by atoms with van der Waals surface area (Å²) >= 11 is 0. The molecular weight excluding hydrogens is 397 g/mol. The van der Waals surface area contributed by atoms with Gasteiger partial charge in [-0.1, -0.05) is 36.4 Å². The van der Waals surface area contributed by atoms with Crippen LogP contribution in [0.2, 0.25) is 0 Å². The van der Waals surface area contributed by atoms with Crippen molar-refractivity contribution in [1.82, 2.24) is 0 Å². The molecule has 30 heavy (non-hydrogen) atoms. The summed E-state index contributed by atoms with van der Waals surface area (Å²) in [5, 5.41) is 8.82. The van der Waals surface area contributed by atoms with E-state index in [-0.39, 0.29) is 6.10 Å². The summed E-state index contributed by atoms with van der Waals surface area (Å²) in [6.07, 6.45) is 1.18. The van der Waals surface area contributed by atoms with Crippen LogP contribution in [0.15, 0.2) is 66.8 Å². The first-order valence-electron chi connectivity index (χ1n) is 9.47. The van der Waals surface area contributed by atoms with Crippen LogP contribution in [-0.4, -0.2) is 30.4 Å². The summed E-state index contributed by atoms with van der Waals surface area (Å²) in [6, 6.07) is 11.9. The fourth-order valence-corrected chi connectivity index (χ4v) is 3.12. The number of alkyl halides is 3. The SMILES string of the molecule is O=C(O)/C=C/C=C(\c1ccc(OC2CCOCC2)cc1)c1ccc(C(F)(F)F)cc1. The molecule has 1 heterocycles. The second-order valence-corrected chi connectivity index (χ2v) is 6.81. The summed E-state index contributed by atoms with van der Waals surface area (Å²) in [4.78, 5) is 10.8. The molecule has 0 spiro atoms. The second-order valence-electron chi connectivity index (χ2n) is 6.81. The number of halogens is 3. The van der Waals surface area contributed by atoms with E-state index in [4.69, 9.17) is 14.6 Å². The van der Waals surface area contributed by atoms with Crippen molar-refractivity contribution >= 4 is 11.5 Å². The van der Waals surface area contributed by atoms with Crippen molar-refractivity contribution < 1.29 is 32.5 Å². The highest BCUT2D eigenvalue weighted by molar-refractivity contribution is 5.84. The lowest BCUT2D eigenvalue weighted by Gasteiger charge is -2.23. The molecule has 2 aromatic rings. The Morgan fingerprint density at radius 3 is 2.10 bits per heavy atom. The normalized spacial score (nSPS) is 16.0. The Bertz CT molecular complexity index is 907. The third-order valence-electron chi connectivity index (χ3n) is 4.66. The van der Waals surface area contributed by atoms with Gasteiger partial charge in [0.25, 0.3) is 0 Å². The van der Waals surface area contributed by atoms with Gasteiger partial charge in [0.05, 0.1) is 18.8 Å². The van der Waals surface area contributed by atoms with Crippen LogP contribution < -0.4 is 4.74 Å². The number of carbonyl (C=O) groups is 1. The maximum absolute atomic E-state index is 12.9. The van der Waals surface area contributed by atoms with Crippen LogP contribution in [0.1, 0.15) is 29.5 Å². The highest BCUT2D eigenvalue weighted by atomic mass is 19.4. The quantitative estimate of drug-likeness (QED) is 0.509. The number of ether oxygens (including phenoxy) is 2. The minimum Gasteiger partial charge on any atom is -0.490 e. The monoisotopic (exact) mass is 418 g/mol. The molecule has 0 radical (unpaired) electrons. The molecule has 0 aromatic heterocycles. The van der Waals surface area contributed by atoms with Crippen molar-refractivity contribution in [3.8, 4) is 5.75 Å². The van der Waals surface area contributed by atoms with Gasteiger partial charge in [-0.05, 0) is 41.0 Å². The molecule has 0 bridgehead atoms. The van der Waals surface area contributed by atoms with Crippen LogP contribution >= 0.6 is 0 Å². The molecule has 0 amide bonds. The van der Waals surface area contributed by atoms with Crippen molar-refractivity contribution in [2.24, 2.45) is 0 Å². The standard InChI is InChI=1S/C23H21F3O4/c24-23(25,26)18-8-4-16(5-9-18)21(2-1-3-22(27)28)17-6-10-19(11-7-17)30-20-12-14-29-15-13-20/h1-11,20H,12-15H2,(H,27,28)/b3-1+,21-2-. The third kappa shape index (κ3) is 5.97. The molecule has 0 unspecified atom stereocenters. The van der Waals surface area contributed by atoms with Gasteiger partial charge in [-0.25, -0.2) is 4.79 Å². The van der Waals surface area contributed by atoms with Crippen LogP contribution in [0.4, 0.5) is 13.2 Å². The van der Waals surface area contributed by atoms with Gasteiger partial charge in [0.2, 0.25) is 0 Å². The summed E-state index contributed by atoms with van der Waals surface area (Å²) < 4.78 is 49.8. The molecule has 7 heteroatoms. The second kappa shape index (κ2) is 9.63. The minimum absolute atomic E-state index is 0.0908. The van der Waals surface area contributed by atoms with E-state index in [1.807, 2.05) is 0 Å². The number of rotatable bonds is 6. The zero-order valence-corrected chi connectivity index (χ0v) is 16.1. The van der Waals surface area contributed by atoms with Crippen LogP contribution in [0, 0.1) is 0 Å². The molecule has 0 aliphatic carbocycles. The Balaban J connectivity index is 1.85. The lowest BCUT2D eigenvalue weighted by Crippen LogP contribution is -2.25. The molecule has 1 aliphatic heterocycles. The number of allylic oxidation sites excluding steroid dienone is 2. The van der Waals surface area contributed by atoms with Crippen LogP contribution in [-0.2, 0) is 15.7 Å². The molecule has 0 saturated carbocycles. The van der Waals surface area contributed by atoms with Crippen LogP contribution in [0.5, 0.6) is 5.75 Å². The van der Waals surface area contributed by atoms with Crippen molar-refractivity contribution in [2.45, 2.75) is 25.1 Å². The molecule has 1 N–H and O–H groups in total. The molecule has 4 nitrogen and oxygen atoms in total. The fourth-order valence-electron chi connectivity index (χ4n) is 3.12. The first-order valence-corrected chi connectivity index (χ1v) is 9.47. The number of hydrogen-bond acceptors (Lipinski definition) is 3. The van der Waals surface area contributed by atoms with E-state index in [0.717, 1.165) is 36.6 Å². The molecule has 3 rings (SSSR count). The van der Waals surface area contributed by atoms with Gasteiger partial charge in [-0.15, -0.1) is 0 Å². The van der Waals surface area contributed by atoms with Gasteiger partial charge in [0.1, 0.15) is 11.9 Å². The van der Waals surface area contributed by atoms with E-state index in [2.05, 4.69) is 0 Å². The van der Waals surface area contributed by atoms with Gasteiger partial charge >= 0.3 is 12.1 Å². The van der Waals surface area contributed by atoms with E-state index in [9.17, 15) is 18.0 Å². The molecule has 2 aromatic carbocycles. The van der Waals surface area contributed by atoms with Crippen molar-refractivity contribution in [1.29, 1.82) is 0 Å². The number of carboxylic acid groups (broad SMARTS) is 1. The summed E-state index contributed by atoms with van der Waals surface area (Å²) in [7, 11) is 0. The number of aliphatic carboxylic acids is 1. The third-order valence-corrected chi connectivity index (χ3v) is 4.66. The summed E-state index contributed by atoms with van der Waals surface area (Å²) in [5.74, 6) is -0.420. The summed E-state index contributed by atoms with van der Waals surface area (Å²) in [6.45, 7) is 1.33. The molecule has 0 atom stereocenters. The highest BCUT2D eigenvalue weighted by Gasteiger charge is 2.30. The largest absolute Gasteiger partial charge is 0.490 e. The smallest absolute Gasteiger partial charge is 0.416 e. The zero-order chi connectivity index (χ0) is 21.6. The molecule has 1 aliphatic rings. The molecule has 1 fully saturated rings. The number of carboxylic acids is 1. The van der Waals surface area contributed by atoms with E-state index >= 15 is 0 Å². The number of hydrogen-bond donors (Lipinski definition) is 1. The predicted octanol–water partition coefficient (Wildman–Crippen LogP) is 5.34. The molecule has 1 saturated heterocycles. The first kappa shape index (κ1) is 21.6. The first-order chi connectivity index (χ1) is 14.3. The maximum atomic E-state index is 12.9. The van der Waals surface area contributed by atoms with Gasteiger partial charge in [-0.2, -0.15) is 13.2 Å². The van der Waals surface area contributed by atoms with Crippen LogP contribution in [0.25, 0.3) is 5.57 Å². The fraction of sp³-hybridized carbons (Fsp3) is 0.261. The Kier molecular flexibility index (Phi) is 6.95. The molecule has 158 valence electrons. The van der Waals surface area contributed by atoms with E-state index in [1.54, 1.807) is 30.3 Å². The van der Waals surface area contributed by atoms with Crippen molar-refractivity contribution in [3.05, 3.63) is 83.4 Å². The molecular formula is C23H21F3O4. The van der Waals surface area contributed by atoms with Gasteiger partial charge in [0.15, 0.2) is 0 Å². The Labute approximate surface area is 172 Å².